The molecule has 0 saturated carbocycles. The maximum absolute atomic E-state index is 12.6. The van der Waals surface area contributed by atoms with Crippen molar-refractivity contribution in [2.45, 2.75) is 26.8 Å². The van der Waals surface area contributed by atoms with E-state index >= 15 is 0 Å². The SMILES string of the molecule is CCOC(=O)C1=C(C)N(CC)C(=S)N[C@@H]1c1cccc(NC(=O)COC)c1. The number of hydrogen-bond acceptors (Lipinski definition) is 5. The van der Waals surface area contributed by atoms with E-state index in [0.717, 1.165) is 11.3 Å². The lowest BCUT2D eigenvalue weighted by atomic mass is 9.94. The fraction of sp³-hybridized carbons (Fsp3) is 0.421. The Bertz CT molecular complexity index is 763. The van der Waals surface area contributed by atoms with Gasteiger partial charge in [0.1, 0.15) is 6.61 Å². The minimum Gasteiger partial charge on any atom is -0.463 e. The van der Waals surface area contributed by atoms with Crippen molar-refractivity contribution in [2.75, 3.05) is 32.2 Å². The van der Waals surface area contributed by atoms with Crippen LogP contribution in [0.2, 0.25) is 0 Å². The second-order valence-electron chi connectivity index (χ2n) is 5.95. The van der Waals surface area contributed by atoms with Gasteiger partial charge in [-0.05, 0) is 50.7 Å². The van der Waals surface area contributed by atoms with Crippen molar-refractivity contribution in [3.05, 3.63) is 41.1 Å². The molecule has 1 aliphatic heterocycles. The van der Waals surface area contributed by atoms with Crippen LogP contribution in [0.3, 0.4) is 0 Å². The summed E-state index contributed by atoms with van der Waals surface area (Å²) in [5.41, 5.74) is 2.68. The number of rotatable bonds is 7. The fourth-order valence-electron chi connectivity index (χ4n) is 3.01. The number of benzene rings is 1. The van der Waals surface area contributed by atoms with Gasteiger partial charge in [0.15, 0.2) is 5.11 Å². The normalized spacial score (nSPS) is 16.8. The first-order valence-corrected chi connectivity index (χ1v) is 9.18. The first-order chi connectivity index (χ1) is 12.9. The van der Waals surface area contributed by atoms with E-state index in [1.807, 2.05) is 36.9 Å². The number of carbonyl (C=O) groups excluding carboxylic acids is 2. The summed E-state index contributed by atoms with van der Waals surface area (Å²) in [6, 6.07) is 6.81. The summed E-state index contributed by atoms with van der Waals surface area (Å²) in [5.74, 6) is -0.640. The fourth-order valence-corrected chi connectivity index (χ4v) is 3.39. The third-order valence-electron chi connectivity index (χ3n) is 4.19. The number of nitrogens with one attached hydrogen (secondary N) is 2. The molecule has 0 fully saturated rings. The number of esters is 1. The first kappa shape index (κ1) is 20.9. The van der Waals surface area contributed by atoms with Crippen LogP contribution in [0.15, 0.2) is 35.5 Å². The maximum Gasteiger partial charge on any atom is 0.338 e. The van der Waals surface area contributed by atoms with E-state index in [-0.39, 0.29) is 25.1 Å². The van der Waals surface area contributed by atoms with Crippen molar-refractivity contribution in [3.8, 4) is 0 Å². The summed E-state index contributed by atoms with van der Waals surface area (Å²) in [4.78, 5) is 26.3. The second-order valence-corrected chi connectivity index (χ2v) is 6.34. The van der Waals surface area contributed by atoms with Crippen LogP contribution in [0, 0.1) is 0 Å². The molecule has 1 aromatic rings. The molecular weight excluding hydrogens is 366 g/mol. The van der Waals surface area contributed by atoms with E-state index in [9.17, 15) is 9.59 Å². The summed E-state index contributed by atoms with van der Waals surface area (Å²) < 4.78 is 10.1. The van der Waals surface area contributed by atoms with Gasteiger partial charge >= 0.3 is 5.97 Å². The molecule has 1 atom stereocenters. The first-order valence-electron chi connectivity index (χ1n) is 8.77. The summed E-state index contributed by atoms with van der Waals surface area (Å²) in [5, 5.41) is 6.53. The molecule has 0 aromatic heterocycles. The van der Waals surface area contributed by atoms with Crippen LogP contribution in [0.1, 0.15) is 32.4 Å². The van der Waals surface area contributed by atoms with Crippen LogP contribution in [-0.4, -0.2) is 48.8 Å². The monoisotopic (exact) mass is 391 g/mol. The molecule has 0 bridgehead atoms. The third-order valence-corrected chi connectivity index (χ3v) is 4.53. The van der Waals surface area contributed by atoms with Crippen molar-refractivity contribution in [2.24, 2.45) is 0 Å². The molecule has 27 heavy (non-hydrogen) atoms. The minimum atomic E-state index is -0.460. The van der Waals surface area contributed by atoms with E-state index in [1.54, 1.807) is 13.0 Å². The average molecular weight is 391 g/mol. The summed E-state index contributed by atoms with van der Waals surface area (Å²) >= 11 is 5.46. The van der Waals surface area contributed by atoms with Gasteiger partial charge in [0.2, 0.25) is 5.91 Å². The Hall–Kier alpha value is -2.45. The van der Waals surface area contributed by atoms with Gasteiger partial charge in [-0.15, -0.1) is 0 Å². The molecule has 0 saturated heterocycles. The van der Waals surface area contributed by atoms with Gasteiger partial charge in [0, 0.05) is 25.0 Å². The maximum atomic E-state index is 12.6. The molecule has 0 unspecified atom stereocenters. The lowest BCUT2D eigenvalue weighted by molar-refractivity contribution is -0.139. The van der Waals surface area contributed by atoms with E-state index in [0.29, 0.717) is 22.9 Å². The van der Waals surface area contributed by atoms with Gasteiger partial charge in [-0.3, -0.25) is 4.79 Å². The molecular formula is C19H25N3O4S. The number of allylic oxidation sites excluding steroid dienone is 1. The van der Waals surface area contributed by atoms with E-state index in [4.69, 9.17) is 21.7 Å². The van der Waals surface area contributed by atoms with Crippen LogP contribution in [0.25, 0.3) is 0 Å². The predicted octanol–water partition coefficient (Wildman–Crippen LogP) is 2.36. The van der Waals surface area contributed by atoms with Crippen LogP contribution in [-0.2, 0) is 19.1 Å². The highest BCUT2D eigenvalue weighted by atomic mass is 32.1. The van der Waals surface area contributed by atoms with Gasteiger partial charge in [0.25, 0.3) is 0 Å². The van der Waals surface area contributed by atoms with E-state index in [2.05, 4.69) is 10.6 Å². The zero-order valence-electron chi connectivity index (χ0n) is 16.0. The number of thiocarbonyl (C=S) groups is 1. The number of hydrogen-bond donors (Lipinski definition) is 2. The minimum absolute atomic E-state index is 0.0332. The molecule has 7 nitrogen and oxygen atoms in total. The molecule has 1 aromatic carbocycles. The van der Waals surface area contributed by atoms with Crippen molar-refractivity contribution in [3.63, 3.8) is 0 Å². The zero-order chi connectivity index (χ0) is 20.0. The lowest BCUT2D eigenvalue weighted by Gasteiger charge is -2.37. The number of carbonyl (C=O) groups is 2. The van der Waals surface area contributed by atoms with Gasteiger partial charge < -0.3 is 25.0 Å². The highest BCUT2D eigenvalue weighted by Crippen LogP contribution is 2.32. The Morgan fingerprint density at radius 1 is 1.33 bits per heavy atom. The van der Waals surface area contributed by atoms with Crippen molar-refractivity contribution >= 4 is 34.9 Å². The standard InChI is InChI=1S/C19H25N3O4S/c1-5-22-12(3)16(18(24)26-6-2)17(21-19(22)27)13-8-7-9-14(10-13)20-15(23)11-25-4/h7-10,17H,5-6,11H2,1-4H3,(H,20,23)(H,21,27)/t17-/m1/s1. The van der Waals surface area contributed by atoms with Crippen molar-refractivity contribution in [1.82, 2.24) is 10.2 Å². The average Bonchev–Trinajstić information content (AvgIpc) is 2.62. The van der Waals surface area contributed by atoms with Gasteiger partial charge in [0.05, 0.1) is 18.2 Å². The number of methoxy groups -OCH3 is 1. The Kier molecular flexibility index (Phi) is 7.32. The highest BCUT2D eigenvalue weighted by Gasteiger charge is 2.34. The molecule has 2 rings (SSSR count). The number of nitrogens with zero attached hydrogens (tertiary/aromatic N) is 1. The van der Waals surface area contributed by atoms with Gasteiger partial charge in [-0.2, -0.15) is 0 Å². The molecule has 8 heteroatoms. The molecule has 146 valence electrons. The predicted molar refractivity (Wildman–Crippen MR) is 107 cm³/mol. The van der Waals surface area contributed by atoms with Crippen LogP contribution in [0.5, 0.6) is 0 Å². The smallest absolute Gasteiger partial charge is 0.338 e. The van der Waals surface area contributed by atoms with Crippen LogP contribution >= 0.6 is 12.2 Å². The quantitative estimate of drug-likeness (QED) is 0.546. The van der Waals surface area contributed by atoms with Crippen LogP contribution < -0.4 is 10.6 Å². The van der Waals surface area contributed by atoms with Crippen molar-refractivity contribution in [1.29, 1.82) is 0 Å². The van der Waals surface area contributed by atoms with E-state index in [1.165, 1.54) is 7.11 Å². The molecule has 1 amide bonds. The molecule has 0 radical (unpaired) electrons. The lowest BCUT2D eigenvalue weighted by Crippen LogP contribution is -2.47. The third kappa shape index (κ3) is 4.84. The summed E-state index contributed by atoms with van der Waals surface area (Å²) in [6.07, 6.45) is 0. The number of anilines is 1. The molecule has 1 aliphatic rings. The molecule has 0 spiro atoms. The molecule has 2 N–H and O–H groups in total. The molecule has 1 heterocycles. The summed E-state index contributed by atoms with van der Waals surface area (Å²) in [6.45, 7) is 6.49. The number of amides is 1. The van der Waals surface area contributed by atoms with Crippen LogP contribution in [0.4, 0.5) is 5.69 Å². The molecule has 0 aliphatic carbocycles. The Balaban J connectivity index is 2.42. The van der Waals surface area contributed by atoms with Gasteiger partial charge in [-0.25, -0.2) is 4.79 Å². The second kappa shape index (κ2) is 9.48. The highest BCUT2D eigenvalue weighted by molar-refractivity contribution is 7.80. The largest absolute Gasteiger partial charge is 0.463 e. The summed E-state index contributed by atoms with van der Waals surface area (Å²) in [7, 11) is 1.46. The zero-order valence-corrected chi connectivity index (χ0v) is 16.8. The van der Waals surface area contributed by atoms with E-state index < -0.39 is 6.04 Å². The topological polar surface area (TPSA) is 79.9 Å². The van der Waals surface area contributed by atoms with Gasteiger partial charge in [-0.1, -0.05) is 12.1 Å². The van der Waals surface area contributed by atoms with Crippen molar-refractivity contribution < 1.29 is 19.1 Å². The Morgan fingerprint density at radius 2 is 2.07 bits per heavy atom. The number of ether oxygens (including phenoxy) is 2. The Labute approximate surface area is 164 Å². The Morgan fingerprint density at radius 3 is 2.70 bits per heavy atom.